The number of fused-ring (bicyclic) bond motifs is 2. The summed E-state index contributed by atoms with van der Waals surface area (Å²) in [6.07, 6.45) is 7.62. The van der Waals surface area contributed by atoms with Crippen LogP contribution in [-0.2, 0) is 6.54 Å². The van der Waals surface area contributed by atoms with Gasteiger partial charge in [0.25, 0.3) is 0 Å². The second-order valence-electron chi connectivity index (χ2n) is 7.18. The Kier molecular flexibility index (Phi) is 4.51. The van der Waals surface area contributed by atoms with Crippen molar-refractivity contribution >= 4 is 18.2 Å². The van der Waals surface area contributed by atoms with Crippen molar-refractivity contribution in [3.63, 3.8) is 0 Å². The summed E-state index contributed by atoms with van der Waals surface area (Å²) in [5.74, 6) is 1.90. The van der Waals surface area contributed by atoms with Crippen LogP contribution in [0.5, 0.6) is 5.75 Å². The lowest BCUT2D eigenvalue weighted by Crippen LogP contribution is -2.47. The quantitative estimate of drug-likeness (QED) is 0.703. The van der Waals surface area contributed by atoms with Gasteiger partial charge in [-0.15, -0.1) is 0 Å². The Labute approximate surface area is 164 Å². The number of rotatable bonds is 3. The summed E-state index contributed by atoms with van der Waals surface area (Å²) in [5.41, 5.74) is 2.37. The summed E-state index contributed by atoms with van der Waals surface area (Å²) in [7, 11) is 0. The molecular weight excluding hydrogens is 348 g/mol. The normalized spacial score (nSPS) is 16.1. The van der Waals surface area contributed by atoms with E-state index in [1.54, 1.807) is 6.26 Å². The monoisotopic (exact) mass is 370 g/mol. The molecule has 5 heteroatoms. The van der Waals surface area contributed by atoms with E-state index < -0.39 is 0 Å². The molecule has 0 radical (unpaired) electrons. The Morgan fingerprint density at radius 2 is 1.71 bits per heavy atom. The van der Waals surface area contributed by atoms with Crippen molar-refractivity contribution in [2.24, 2.45) is 0 Å². The lowest BCUT2D eigenvalue weighted by atomic mass is 10.2. The first-order valence-corrected chi connectivity index (χ1v) is 9.66. The third-order valence-electron chi connectivity index (χ3n) is 5.32. The van der Waals surface area contributed by atoms with E-state index in [0.717, 1.165) is 60.4 Å². The largest absolute Gasteiger partial charge is 0.464 e. The molecule has 5 rings (SSSR count). The maximum atomic E-state index is 5.81. The predicted octanol–water partition coefficient (Wildman–Crippen LogP) is 1.76. The first kappa shape index (κ1) is 17.0. The average molecular weight is 370 g/mol. The first-order chi connectivity index (χ1) is 13.8. The predicted molar refractivity (Wildman–Crippen MR) is 110 cm³/mol. The fourth-order valence-electron chi connectivity index (χ4n) is 3.73. The molecule has 2 aliphatic heterocycles. The smallest absolute Gasteiger partial charge is 0.133 e. The summed E-state index contributed by atoms with van der Waals surface area (Å²) < 4.78 is 5.81. The number of anilines is 1. The Bertz CT molecular complexity index is 1090. The second kappa shape index (κ2) is 7.44. The van der Waals surface area contributed by atoms with Crippen molar-refractivity contribution < 1.29 is 4.74 Å². The average Bonchev–Trinajstić information content (AvgIpc) is 2.94. The number of nitrogens with zero attached hydrogens (tertiary/aromatic N) is 4. The van der Waals surface area contributed by atoms with Crippen LogP contribution in [0.1, 0.15) is 11.1 Å². The van der Waals surface area contributed by atoms with Crippen LogP contribution < -0.4 is 20.2 Å². The van der Waals surface area contributed by atoms with Gasteiger partial charge in [0.05, 0.1) is 5.35 Å². The Morgan fingerprint density at radius 1 is 0.893 bits per heavy atom. The summed E-state index contributed by atoms with van der Waals surface area (Å²) in [4.78, 5) is 13.9. The Morgan fingerprint density at radius 3 is 2.57 bits per heavy atom. The fourth-order valence-corrected chi connectivity index (χ4v) is 3.73. The topological polar surface area (TPSA) is 41.5 Å². The molecule has 1 aromatic carbocycles. The fraction of sp³-hybridized carbons (Fsp3) is 0.217. The van der Waals surface area contributed by atoms with Crippen LogP contribution in [0.4, 0.5) is 5.82 Å². The molecule has 0 amide bonds. The van der Waals surface area contributed by atoms with Gasteiger partial charge < -0.3 is 9.64 Å². The lowest BCUT2D eigenvalue weighted by Gasteiger charge is -2.35. The molecule has 0 spiro atoms. The van der Waals surface area contributed by atoms with Crippen LogP contribution in [0.2, 0.25) is 0 Å². The molecule has 2 aliphatic rings. The van der Waals surface area contributed by atoms with E-state index >= 15 is 0 Å². The highest BCUT2D eigenvalue weighted by Crippen LogP contribution is 2.20. The number of benzene rings is 1. The minimum Gasteiger partial charge on any atom is -0.464 e. The summed E-state index contributed by atoms with van der Waals surface area (Å²) in [5, 5.41) is 1.97. The minimum absolute atomic E-state index is 0.867. The van der Waals surface area contributed by atoms with Gasteiger partial charge in [0.2, 0.25) is 0 Å². The summed E-state index contributed by atoms with van der Waals surface area (Å²) in [6.45, 7) is 5.00. The highest BCUT2D eigenvalue weighted by atomic mass is 16.5. The molecule has 1 saturated heterocycles. The van der Waals surface area contributed by atoms with E-state index in [4.69, 9.17) is 9.72 Å². The highest BCUT2D eigenvalue weighted by molar-refractivity contribution is 5.59. The van der Waals surface area contributed by atoms with Crippen molar-refractivity contribution in [3.05, 3.63) is 82.6 Å². The van der Waals surface area contributed by atoms with E-state index in [-0.39, 0.29) is 0 Å². The van der Waals surface area contributed by atoms with Gasteiger partial charge in [-0.25, -0.2) is 4.98 Å². The van der Waals surface area contributed by atoms with E-state index in [1.165, 1.54) is 5.56 Å². The van der Waals surface area contributed by atoms with Gasteiger partial charge in [-0.3, -0.25) is 9.88 Å². The maximum Gasteiger partial charge on any atom is 0.133 e. The van der Waals surface area contributed by atoms with Crippen molar-refractivity contribution in [3.8, 4) is 5.75 Å². The number of hydrogen-bond donors (Lipinski definition) is 0. The lowest BCUT2D eigenvalue weighted by molar-refractivity contribution is 0.249. The number of pyridine rings is 2. The van der Waals surface area contributed by atoms with Crippen molar-refractivity contribution in [2.75, 3.05) is 31.1 Å². The molecule has 4 heterocycles. The summed E-state index contributed by atoms with van der Waals surface area (Å²) in [6, 6.07) is 16.4. The van der Waals surface area contributed by atoms with Crippen molar-refractivity contribution in [1.82, 2.24) is 14.9 Å². The second-order valence-corrected chi connectivity index (χ2v) is 7.18. The molecule has 140 valence electrons. The van der Waals surface area contributed by atoms with Crippen LogP contribution in [-0.4, -0.2) is 41.0 Å². The van der Waals surface area contributed by atoms with Crippen molar-refractivity contribution in [1.29, 1.82) is 0 Å². The molecule has 0 saturated carbocycles. The van der Waals surface area contributed by atoms with Gasteiger partial charge in [0.1, 0.15) is 17.8 Å². The molecule has 1 fully saturated rings. The number of aromatic nitrogens is 2. The third kappa shape index (κ3) is 3.49. The number of ether oxygens (including phenoxy) is 1. The maximum absolute atomic E-state index is 5.81. The third-order valence-corrected chi connectivity index (χ3v) is 5.32. The zero-order valence-corrected chi connectivity index (χ0v) is 15.7. The number of para-hydroxylation sites is 1. The number of hydrogen-bond acceptors (Lipinski definition) is 5. The van der Waals surface area contributed by atoms with Crippen LogP contribution in [0.3, 0.4) is 0 Å². The van der Waals surface area contributed by atoms with E-state index in [9.17, 15) is 0 Å². The standard InChI is InChI=1S/C23H22N4O/c1-2-4-22-19(3-1)15-21-20(17-28-22)5-6-23(25-21)27-13-11-26(12-14-27)16-18-7-9-24-10-8-18/h1-10,15,17H,11-14,16H2. The first-order valence-electron chi connectivity index (χ1n) is 9.66. The number of piperazine rings is 1. The van der Waals surface area contributed by atoms with Gasteiger partial charge in [-0.1, -0.05) is 18.2 Å². The molecule has 0 unspecified atom stereocenters. The van der Waals surface area contributed by atoms with Crippen LogP contribution in [0, 0.1) is 0 Å². The molecule has 5 nitrogen and oxygen atoms in total. The van der Waals surface area contributed by atoms with Gasteiger partial charge in [-0.2, -0.15) is 0 Å². The van der Waals surface area contributed by atoms with E-state index in [1.807, 2.05) is 30.6 Å². The van der Waals surface area contributed by atoms with Crippen LogP contribution in [0.15, 0.2) is 60.9 Å². The SMILES string of the molecule is C1=c2ccc(N3CCN(Cc4ccncc4)CC3)nc2=Cc2ccccc2O1. The Hall–Kier alpha value is -3.18. The van der Waals surface area contributed by atoms with Gasteiger partial charge in [0, 0.05) is 55.9 Å². The molecule has 28 heavy (non-hydrogen) atoms. The molecular formula is C23H22N4O. The van der Waals surface area contributed by atoms with Gasteiger partial charge in [-0.05, 0) is 42.0 Å². The van der Waals surface area contributed by atoms with Gasteiger partial charge >= 0.3 is 0 Å². The summed E-state index contributed by atoms with van der Waals surface area (Å²) >= 11 is 0. The van der Waals surface area contributed by atoms with Gasteiger partial charge in [0.15, 0.2) is 0 Å². The highest BCUT2D eigenvalue weighted by Gasteiger charge is 2.18. The zero-order chi connectivity index (χ0) is 18.8. The Balaban J connectivity index is 1.34. The van der Waals surface area contributed by atoms with Crippen molar-refractivity contribution in [2.45, 2.75) is 6.54 Å². The molecule has 0 atom stereocenters. The molecule has 3 aromatic rings. The zero-order valence-electron chi connectivity index (χ0n) is 15.7. The molecule has 0 aliphatic carbocycles. The van der Waals surface area contributed by atoms with Crippen LogP contribution >= 0.6 is 0 Å². The van der Waals surface area contributed by atoms with Crippen LogP contribution in [0.25, 0.3) is 12.3 Å². The van der Waals surface area contributed by atoms with E-state index in [0.29, 0.717) is 0 Å². The van der Waals surface area contributed by atoms with E-state index in [2.05, 4.69) is 51.2 Å². The minimum atomic E-state index is 0.867. The molecule has 0 bridgehead atoms. The molecule has 0 N–H and O–H groups in total. The molecule has 2 aromatic heterocycles.